The van der Waals surface area contributed by atoms with Crippen LogP contribution in [0.4, 0.5) is 0 Å². The third kappa shape index (κ3) is 1.29. The average Bonchev–Trinajstić information content (AvgIpc) is 3.02. The number of hydrogen-bond donors (Lipinski definition) is 0. The Bertz CT molecular complexity index is 805. The summed E-state index contributed by atoms with van der Waals surface area (Å²) in [5.74, 6) is 0. The zero-order valence-corrected chi connectivity index (χ0v) is 9.63. The van der Waals surface area contributed by atoms with Crippen molar-refractivity contribution in [3.05, 3.63) is 67.2 Å². The summed E-state index contributed by atoms with van der Waals surface area (Å²) in [6.07, 6.45) is 5.90. The molecule has 0 unspecified atom stereocenters. The van der Waals surface area contributed by atoms with E-state index >= 15 is 0 Å². The summed E-state index contributed by atoms with van der Waals surface area (Å²) in [7, 11) is 0. The van der Waals surface area contributed by atoms with Gasteiger partial charge in [0.15, 0.2) is 0 Å². The molecule has 3 heterocycles. The van der Waals surface area contributed by atoms with Crippen LogP contribution in [0.2, 0.25) is 0 Å². The molecule has 85 valence electrons. The fourth-order valence-corrected chi connectivity index (χ4v) is 2.31. The quantitative estimate of drug-likeness (QED) is 0.482. The van der Waals surface area contributed by atoms with Crippen LogP contribution in [-0.4, -0.2) is 4.40 Å². The molecule has 0 amide bonds. The van der Waals surface area contributed by atoms with E-state index in [1.165, 1.54) is 0 Å². The summed E-state index contributed by atoms with van der Waals surface area (Å²) < 4.78 is 7.64. The van der Waals surface area contributed by atoms with E-state index in [9.17, 15) is 0 Å². The Kier molecular flexibility index (Phi) is 1.86. The van der Waals surface area contributed by atoms with Gasteiger partial charge in [0, 0.05) is 35.0 Å². The molecule has 0 aliphatic carbocycles. The van der Waals surface area contributed by atoms with Gasteiger partial charge >= 0.3 is 0 Å². The number of benzene rings is 1. The van der Waals surface area contributed by atoms with E-state index in [0.29, 0.717) is 0 Å². The average molecular weight is 232 g/mol. The monoisotopic (exact) mass is 232 g/mol. The fourth-order valence-electron chi connectivity index (χ4n) is 2.31. The molecule has 1 aromatic carbocycles. The van der Waals surface area contributed by atoms with Gasteiger partial charge in [0.05, 0.1) is 11.8 Å². The van der Waals surface area contributed by atoms with Gasteiger partial charge in [-0.2, -0.15) is 0 Å². The highest BCUT2D eigenvalue weighted by molar-refractivity contribution is 5.94. The molecule has 2 heteroatoms. The Labute approximate surface area is 104 Å². The second-order valence-corrected chi connectivity index (χ2v) is 4.31. The van der Waals surface area contributed by atoms with E-state index in [2.05, 4.69) is 22.7 Å². The van der Waals surface area contributed by atoms with Crippen LogP contribution in [-0.2, 0) is 0 Å². The second-order valence-electron chi connectivity index (χ2n) is 4.31. The maximum Gasteiger partial charge on any atom is 0.134 e. The van der Waals surface area contributed by atoms with Crippen molar-refractivity contribution in [2.75, 3.05) is 0 Å². The molecule has 4 aromatic rings. The Morgan fingerprint density at radius 3 is 2.83 bits per heavy atom. The number of rotatable bonds is 1. The normalized spacial score (nSPS) is 11.3. The summed E-state index contributed by atoms with van der Waals surface area (Å²) in [4.78, 5) is 0. The molecular weight excluding hydrogens is 222 g/mol. The van der Waals surface area contributed by atoms with E-state index in [0.717, 1.165) is 27.6 Å². The van der Waals surface area contributed by atoms with E-state index in [1.54, 1.807) is 6.26 Å². The first-order chi connectivity index (χ1) is 8.92. The van der Waals surface area contributed by atoms with Crippen LogP contribution in [0.1, 0.15) is 0 Å². The van der Waals surface area contributed by atoms with Gasteiger partial charge < -0.3 is 8.82 Å². The number of nitrogens with zero attached hydrogens (tertiary/aromatic N) is 1. The first kappa shape index (κ1) is 9.54. The molecule has 0 spiro atoms. The first-order valence-corrected chi connectivity index (χ1v) is 5.87. The van der Waals surface area contributed by atoms with Crippen molar-refractivity contribution in [1.29, 1.82) is 0 Å². The largest absolute Gasteiger partial charge is 0.464 e. The van der Waals surface area contributed by atoms with Crippen molar-refractivity contribution in [2.45, 2.75) is 0 Å². The molecule has 0 saturated heterocycles. The van der Waals surface area contributed by atoms with Gasteiger partial charge in [-0.05, 0) is 18.2 Å². The predicted molar refractivity (Wildman–Crippen MR) is 71.4 cm³/mol. The van der Waals surface area contributed by atoms with Crippen LogP contribution in [0.15, 0.2) is 65.5 Å². The Morgan fingerprint density at radius 2 is 1.89 bits per heavy atom. The molecule has 0 N–H and O–H groups in total. The minimum absolute atomic E-state index is 0.913. The van der Waals surface area contributed by atoms with Crippen molar-refractivity contribution >= 4 is 16.5 Å². The van der Waals surface area contributed by atoms with E-state index < -0.39 is 0 Å². The summed E-state index contributed by atoms with van der Waals surface area (Å²) in [5, 5.41) is 1.13. The number of hydrogen-bond acceptors (Lipinski definition) is 1. The zero-order valence-electron chi connectivity index (χ0n) is 9.63. The lowest BCUT2D eigenvalue weighted by atomic mass is 10.1. The summed E-state index contributed by atoms with van der Waals surface area (Å²) in [6, 6.07) is 17.5. The van der Waals surface area contributed by atoms with Crippen LogP contribution in [0.25, 0.3) is 27.6 Å². The first-order valence-electron chi connectivity index (χ1n) is 5.87. The van der Waals surface area contributed by atoms with Crippen molar-refractivity contribution in [3.63, 3.8) is 0 Å². The van der Waals surface area contributed by atoms with Crippen LogP contribution in [0, 0.1) is 6.07 Å². The molecule has 2 nitrogen and oxygen atoms in total. The van der Waals surface area contributed by atoms with Crippen LogP contribution in [0.5, 0.6) is 0 Å². The Morgan fingerprint density at radius 1 is 1.00 bits per heavy atom. The lowest BCUT2D eigenvalue weighted by Gasteiger charge is -1.91. The van der Waals surface area contributed by atoms with Gasteiger partial charge in [-0.15, -0.1) is 0 Å². The van der Waals surface area contributed by atoms with E-state index in [4.69, 9.17) is 4.42 Å². The standard InChI is InChI=1S/C16H10NO/c1-2-7-16-14(6-1)15(11-18-16)12-9-13-5-3-4-8-17(13)10-12/h1-8,10-11H. The maximum absolute atomic E-state index is 5.57. The molecule has 3 aromatic heterocycles. The molecule has 1 radical (unpaired) electrons. The maximum atomic E-state index is 5.57. The summed E-state index contributed by atoms with van der Waals surface area (Å²) >= 11 is 0. The van der Waals surface area contributed by atoms with Gasteiger partial charge in [-0.25, -0.2) is 0 Å². The second kappa shape index (κ2) is 3.50. The number of furan rings is 1. The molecule has 0 aliphatic rings. The lowest BCUT2D eigenvalue weighted by molar-refractivity contribution is 0.617. The van der Waals surface area contributed by atoms with Crippen molar-refractivity contribution in [2.24, 2.45) is 0 Å². The predicted octanol–water partition coefficient (Wildman–Crippen LogP) is 4.15. The van der Waals surface area contributed by atoms with Gasteiger partial charge in [0.2, 0.25) is 0 Å². The fraction of sp³-hybridized carbons (Fsp3) is 0. The minimum atomic E-state index is 0.913. The molecule has 0 aliphatic heterocycles. The van der Waals surface area contributed by atoms with Gasteiger partial charge in [-0.1, -0.05) is 24.3 Å². The third-order valence-corrected chi connectivity index (χ3v) is 3.19. The molecule has 0 atom stereocenters. The van der Waals surface area contributed by atoms with E-state index in [-0.39, 0.29) is 0 Å². The molecule has 0 saturated carbocycles. The molecule has 4 rings (SSSR count). The van der Waals surface area contributed by atoms with Crippen LogP contribution in [0.3, 0.4) is 0 Å². The SMILES string of the molecule is [c]1c(-c2coc3ccccc23)cn2ccccc12. The van der Waals surface area contributed by atoms with E-state index in [1.807, 2.05) is 42.6 Å². The highest BCUT2D eigenvalue weighted by Crippen LogP contribution is 2.31. The van der Waals surface area contributed by atoms with Crippen molar-refractivity contribution in [3.8, 4) is 11.1 Å². The van der Waals surface area contributed by atoms with Crippen LogP contribution >= 0.6 is 0 Å². The molecular formula is C16H10NO. The number of para-hydroxylation sites is 1. The number of aromatic nitrogens is 1. The topological polar surface area (TPSA) is 17.6 Å². The zero-order chi connectivity index (χ0) is 11.9. The minimum Gasteiger partial charge on any atom is -0.464 e. The highest BCUT2D eigenvalue weighted by atomic mass is 16.3. The molecule has 0 bridgehead atoms. The number of fused-ring (bicyclic) bond motifs is 2. The van der Waals surface area contributed by atoms with Crippen molar-refractivity contribution < 1.29 is 4.42 Å². The number of pyridine rings is 1. The lowest BCUT2D eigenvalue weighted by Crippen LogP contribution is -1.76. The smallest absolute Gasteiger partial charge is 0.134 e. The summed E-state index contributed by atoms with van der Waals surface area (Å²) in [5.41, 5.74) is 4.13. The van der Waals surface area contributed by atoms with Crippen LogP contribution < -0.4 is 0 Å². The van der Waals surface area contributed by atoms with Crippen molar-refractivity contribution in [1.82, 2.24) is 4.40 Å². The van der Waals surface area contributed by atoms with Gasteiger partial charge in [0.25, 0.3) is 0 Å². The Balaban J connectivity index is 2.01. The van der Waals surface area contributed by atoms with Gasteiger partial charge in [0.1, 0.15) is 5.58 Å². The third-order valence-electron chi connectivity index (χ3n) is 3.19. The Hall–Kier alpha value is -2.48. The molecule has 0 fully saturated rings. The summed E-state index contributed by atoms with van der Waals surface area (Å²) in [6.45, 7) is 0. The highest BCUT2D eigenvalue weighted by Gasteiger charge is 2.09. The molecule has 18 heavy (non-hydrogen) atoms. The van der Waals surface area contributed by atoms with Gasteiger partial charge in [-0.3, -0.25) is 0 Å².